The molecule has 0 unspecified atom stereocenters. The first-order valence-corrected chi connectivity index (χ1v) is 3.32. The summed E-state index contributed by atoms with van der Waals surface area (Å²) >= 11 is 5.49. The molecule has 0 aliphatic carbocycles. The van der Waals surface area contributed by atoms with Crippen LogP contribution in [0.1, 0.15) is 12.2 Å². The Hall–Kier alpha value is -0.940. The van der Waals surface area contributed by atoms with E-state index in [0.29, 0.717) is 18.1 Å². The Morgan fingerprint density at radius 3 is 2.90 bits per heavy atom. The molecule has 0 spiro atoms. The fraction of sp³-hybridized carbons (Fsp3) is 0.286. The lowest BCUT2D eigenvalue weighted by molar-refractivity contribution is 0.512. The van der Waals surface area contributed by atoms with Crippen molar-refractivity contribution in [3.8, 4) is 6.07 Å². The van der Waals surface area contributed by atoms with Gasteiger partial charge in [-0.1, -0.05) is 0 Å². The zero-order valence-electron chi connectivity index (χ0n) is 5.30. The van der Waals surface area contributed by atoms with Gasteiger partial charge < -0.3 is 4.42 Å². The fourth-order valence-electron chi connectivity index (χ4n) is 0.665. The topological polar surface area (TPSA) is 36.9 Å². The van der Waals surface area contributed by atoms with Crippen molar-refractivity contribution in [1.82, 2.24) is 0 Å². The maximum atomic E-state index is 8.21. The number of nitrogens with zero attached hydrogens (tertiary/aromatic N) is 1. The van der Waals surface area contributed by atoms with Gasteiger partial charge in [0, 0.05) is 12.8 Å². The first-order valence-electron chi connectivity index (χ1n) is 2.94. The van der Waals surface area contributed by atoms with E-state index in [4.69, 9.17) is 21.3 Å². The van der Waals surface area contributed by atoms with E-state index in [1.54, 1.807) is 12.1 Å². The zero-order valence-corrected chi connectivity index (χ0v) is 6.06. The van der Waals surface area contributed by atoms with Gasteiger partial charge >= 0.3 is 0 Å². The maximum absolute atomic E-state index is 8.21. The van der Waals surface area contributed by atoms with Crippen LogP contribution in [0.25, 0.3) is 0 Å². The van der Waals surface area contributed by atoms with Gasteiger partial charge in [-0.15, -0.1) is 0 Å². The van der Waals surface area contributed by atoms with E-state index in [1.165, 1.54) is 0 Å². The summed E-state index contributed by atoms with van der Waals surface area (Å²) < 4.78 is 5.00. The van der Waals surface area contributed by atoms with Gasteiger partial charge in [0.2, 0.25) is 0 Å². The summed E-state index contributed by atoms with van der Waals surface area (Å²) in [6.45, 7) is 0. The molecule has 1 aromatic heterocycles. The first-order chi connectivity index (χ1) is 4.83. The molecule has 0 fully saturated rings. The summed E-state index contributed by atoms with van der Waals surface area (Å²) in [6, 6.07) is 5.47. The van der Waals surface area contributed by atoms with Crippen LogP contribution in [0, 0.1) is 11.3 Å². The number of hydrogen-bond donors (Lipinski definition) is 0. The first kappa shape index (κ1) is 7.17. The number of hydrogen-bond acceptors (Lipinski definition) is 2. The van der Waals surface area contributed by atoms with E-state index in [2.05, 4.69) is 0 Å². The number of rotatable bonds is 2. The molecule has 0 atom stereocenters. The number of nitriles is 1. The van der Waals surface area contributed by atoms with Crippen molar-refractivity contribution in [3.63, 3.8) is 0 Å². The monoisotopic (exact) mass is 155 g/mol. The molecule has 1 rings (SSSR count). The summed E-state index contributed by atoms with van der Waals surface area (Å²) in [5.74, 6) is 0.770. The third-order valence-electron chi connectivity index (χ3n) is 1.11. The van der Waals surface area contributed by atoms with Crippen LogP contribution in [0.2, 0.25) is 5.22 Å². The highest BCUT2D eigenvalue weighted by Gasteiger charge is 1.97. The van der Waals surface area contributed by atoms with Gasteiger partial charge in [0.25, 0.3) is 0 Å². The van der Waals surface area contributed by atoms with Crippen molar-refractivity contribution in [3.05, 3.63) is 23.1 Å². The molecule has 0 aromatic carbocycles. The van der Waals surface area contributed by atoms with E-state index in [9.17, 15) is 0 Å². The van der Waals surface area contributed by atoms with Crippen LogP contribution in [0.15, 0.2) is 16.5 Å². The minimum absolute atomic E-state index is 0.382. The molecule has 0 bridgehead atoms. The minimum Gasteiger partial charge on any atom is -0.450 e. The Morgan fingerprint density at radius 2 is 2.40 bits per heavy atom. The molecule has 1 aromatic rings. The second-order valence-corrected chi connectivity index (χ2v) is 2.24. The second kappa shape index (κ2) is 3.28. The van der Waals surface area contributed by atoms with Crippen LogP contribution in [0.5, 0.6) is 0 Å². The Bertz CT molecular complexity index is 248. The zero-order chi connectivity index (χ0) is 7.40. The molecule has 0 N–H and O–H groups in total. The molecule has 52 valence electrons. The largest absolute Gasteiger partial charge is 0.450 e. The predicted octanol–water partition coefficient (Wildman–Crippen LogP) is 2.39. The minimum atomic E-state index is 0.382. The summed E-state index contributed by atoms with van der Waals surface area (Å²) in [6.07, 6.45) is 1.12. The van der Waals surface area contributed by atoms with Crippen molar-refractivity contribution in [2.45, 2.75) is 12.8 Å². The Morgan fingerprint density at radius 1 is 1.60 bits per heavy atom. The summed E-state index contributed by atoms with van der Waals surface area (Å²) in [5, 5.41) is 8.59. The maximum Gasteiger partial charge on any atom is 0.193 e. The third kappa shape index (κ3) is 1.78. The lowest BCUT2D eigenvalue weighted by atomic mass is 10.3. The molecule has 3 heteroatoms. The van der Waals surface area contributed by atoms with Crippen molar-refractivity contribution in [2.24, 2.45) is 0 Å². The molecule has 0 saturated heterocycles. The predicted molar refractivity (Wildman–Crippen MR) is 37.7 cm³/mol. The van der Waals surface area contributed by atoms with Gasteiger partial charge in [-0.05, 0) is 23.7 Å². The number of aryl methyl sites for hydroxylation is 1. The molecule has 0 aliphatic heterocycles. The number of halogens is 1. The van der Waals surface area contributed by atoms with E-state index in [-0.39, 0.29) is 0 Å². The molecule has 10 heavy (non-hydrogen) atoms. The summed E-state index contributed by atoms with van der Waals surface area (Å²) in [7, 11) is 0. The summed E-state index contributed by atoms with van der Waals surface area (Å²) in [4.78, 5) is 0. The van der Waals surface area contributed by atoms with Crippen LogP contribution in [-0.4, -0.2) is 0 Å². The standard InChI is InChI=1S/C7H6ClNO/c8-7-4-3-6(10-7)2-1-5-9/h3-4H,1-2H2. The van der Waals surface area contributed by atoms with Gasteiger partial charge in [-0.3, -0.25) is 0 Å². The lowest BCUT2D eigenvalue weighted by Gasteiger charge is -1.85. The average molecular weight is 156 g/mol. The fourth-order valence-corrected chi connectivity index (χ4v) is 0.827. The third-order valence-corrected chi connectivity index (χ3v) is 1.32. The van der Waals surface area contributed by atoms with Gasteiger partial charge in [0.1, 0.15) is 5.76 Å². The molecule has 0 amide bonds. The van der Waals surface area contributed by atoms with Crippen molar-refractivity contribution >= 4 is 11.6 Å². The normalized spacial score (nSPS) is 9.20. The molecule has 1 heterocycles. The lowest BCUT2D eigenvalue weighted by Crippen LogP contribution is -1.76. The van der Waals surface area contributed by atoms with Crippen molar-refractivity contribution < 1.29 is 4.42 Å². The van der Waals surface area contributed by atoms with Crippen LogP contribution in [-0.2, 0) is 6.42 Å². The van der Waals surface area contributed by atoms with Crippen molar-refractivity contribution in [1.29, 1.82) is 5.26 Å². The van der Waals surface area contributed by atoms with Crippen LogP contribution in [0.4, 0.5) is 0 Å². The van der Waals surface area contributed by atoms with Gasteiger partial charge in [0.15, 0.2) is 5.22 Å². The van der Waals surface area contributed by atoms with E-state index in [1.807, 2.05) is 6.07 Å². The van der Waals surface area contributed by atoms with E-state index < -0.39 is 0 Å². The molecular weight excluding hydrogens is 150 g/mol. The van der Waals surface area contributed by atoms with Gasteiger partial charge in [-0.25, -0.2) is 0 Å². The molecular formula is C7H6ClNO. The van der Waals surface area contributed by atoms with Crippen LogP contribution < -0.4 is 0 Å². The quantitative estimate of drug-likeness (QED) is 0.658. The molecule has 0 saturated carbocycles. The summed E-state index contributed by atoms with van der Waals surface area (Å²) in [5.41, 5.74) is 0. The van der Waals surface area contributed by atoms with Crippen LogP contribution >= 0.6 is 11.6 Å². The number of furan rings is 1. The molecule has 0 aliphatic rings. The second-order valence-electron chi connectivity index (χ2n) is 1.86. The highest BCUT2D eigenvalue weighted by molar-refractivity contribution is 6.28. The highest BCUT2D eigenvalue weighted by Crippen LogP contribution is 2.13. The Labute approximate surface area is 64.0 Å². The van der Waals surface area contributed by atoms with E-state index >= 15 is 0 Å². The molecule has 2 nitrogen and oxygen atoms in total. The average Bonchev–Trinajstić information content (AvgIpc) is 2.31. The SMILES string of the molecule is N#CCCc1ccc(Cl)o1. The van der Waals surface area contributed by atoms with Crippen molar-refractivity contribution in [2.75, 3.05) is 0 Å². The molecule has 0 radical (unpaired) electrons. The smallest absolute Gasteiger partial charge is 0.193 e. The Balaban J connectivity index is 2.52. The van der Waals surface area contributed by atoms with Gasteiger partial charge in [-0.2, -0.15) is 5.26 Å². The van der Waals surface area contributed by atoms with E-state index in [0.717, 1.165) is 5.76 Å². The Kier molecular flexibility index (Phi) is 2.35. The van der Waals surface area contributed by atoms with Gasteiger partial charge in [0.05, 0.1) is 6.07 Å². The van der Waals surface area contributed by atoms with Crippen LogP contribution in [0.3, 0.4) is 0 Å². The highest BCUT2D eigenvalue weighted by atomic mass is 35.5.